The van der Waals surface area contributed by atoms with Crippen molar-refractivity contribution in [3.63, 3.8) is 0 Å². The zero-order chi connectivity index (χ0) is 13.7. The van der Waals surface area contributed by atoms with E-state index in [1.54, 1.807) is 6.92 Å². The molecule has 1 amide bonds. The van der Waals surface area contributed by atoms with Crippen molar-refractivity contribution >= 4 is 23.2 Å². The van der Waals surface area contributed by atoms with Crippen LogP contribution in [0.15, 0.2) is 18.2 Å². The first-order valence-corrected chi connectivity index (χ1v) is 5.83. The van der Waals surface area contributed by atoms with Crippen LogP contribution in [0.4, 0.5) is 10.1 Å². The molecule has 5 nitrogen and oxygen atoms in total. The van der Waals surface area contributed by atoms with E-state index in [0.29, 0.717) is 13.1 Å². The summed E-state index contributed by atoms with van der Waals surface area (Å²) >= 11 is 5.54. The molecule has 98 valence electrons. The highest BCUT2D eigenvalue weighted by Gasteiger charge is 2.18. The molecule has 18 heavy (non-hydrogen) atoms. The summed E-state index contributed by atoms with van der Waals surface area (Å²) in [6.07, 6.45) is 0. The van der Waals surface area contributed by atoms with Gasteiger partial charge in [-0.05, 0) is 13.0 Å². The molecule has 1 rings (SSSR count). The highest BCUT2D eigenvalue weighted by atomic mass is 35.5. The maximum absolute atomic E-state index is 13.2. The number of nitro groups is 1. The lowest BCUT2D eigenvalue weighted by Crippen LogP contribution is -2.32. The second-order valence-electron chi connectivity index (χ2n) is 3.53. The molecule has 0 aromatic heterocycles. The Morgan fingerprint density at radius 3 is 2.67 bits per heavy atom. The lowest BCUT2D eigenvalue weighted by molar-refractivity contribution is -0.385. The Morgan fingerprint density at radius 1 is 1.50 bits per heavy atom. The fraction of sp³-hybridized carbons (Fsp3) is 0.364. The summed E-state index contributed by atoms with van der Waals surface area (Å²) in [5.41, 5.74) is -0.492. The quantitative estimate of drug-likeness (QED) is 0.471. The molecule has 0 unspecified atom stereocenters. The molecule has 0 saturated heterocycles. The van der Waals surface area contributed by atoms with Crippen LogP contribution < -0.4 is 0 Å². The lowest BCUT2D eigenvalue weighted by Gasteiger charge is -2.19. The summed E-state index contributed by atoms with van der Waals surface area (Å²) in [7, 11) is 0. The molecule has 1 aromatic rings. The first-order chi connectivity index (χ1) is 8.49. The van der Waals surface area contributed by atoms with Gasteiger partial charge in [-0.3, -0.25) is 14.9 Å². The minimum Gasteiger partial charge on any atom is -0.338 e. The van der Waals surface area contributed by atoms with Crippen molar-refractivity contribution in [3.8, 4) is 0 Å². The second kappa shape index (κ2) is 6.30. The molecule has 7 heteroatoms. The highest BCUT2D eigenvalue weighted by Crippen LogP contribution is 2.17. The fourth-order valence-electron chi connectivity index (χ4n) is 1.49. The summed E-state index contributed by atoms with van der Waals surface area (Å²) < 4.78 is 13.2. The zero-order valence-corrected chi connectivity index (χ0v) is 10.5. The Labute approximate surface area is 108 Å². The lowest BCUT2D eigenvalue weighted by atomic mass is 10.1. The first kappa shape index (κ1) is 14.4. The first-order valence-electron chi connectivity index (χ1n) is 5.29. The molecule has 0 aliphatic carbocycles. The van der Waals surface area contributed by atoms with Crippen molar-refractivity contribution < 1.29 is 14.1 Å². The van der Waals surface area contributed by atoms with Crippen LogP contribution in [0.5, 0.6) is 0 Å². The molecular formula is C11H12ClFN2O3. The van der Waals surface area contributed by atoms with Crippen LogP contribution in [0.25, 0.3) is 0 Å². The third kappa shape index (κ3) is 3.40. The molecule has 0 atom stereocenters. The predicted octanol–water partition coefficient (Wildman–Crippen LogP) is 2.43. The van der Waals surface area contributed by atoms with E-state index < -0.39 is 22.3 Å². The minimum atomic E-state index is -0.811. The van der Waals surface area contributed by atoms with Gasteiger partial charge in [-0.25, -0.2) is 4.39 Å². The molecule has 0 heterocycles. The van der Waals surface area contributed by atoms with E-state index in [0.717, 1.165) is 18.2 Å². The topological polar surface area (TPSA) is 63.5 Å². The normalized spacial score (nSPS) is 10.2. The second-order valence-corrected chi connectivity index (χ2v) is 3.91. The maximum Gasteiger partial charge on any atom is 0.273 e. The molecule has 0 bridgehead atoms. The highest BCUT2D eigenvalue weighted by molar-refractivity contribution is 6.18. The van der Waals surface area contributed by atoms with Crippen LogP contribution in [-0.4, -0.2) is 34.7 Å². The van der Waals surface area contributed by atoms with Crippen molar-refractivity contribution in [2.75, 3.05) is 19.0 Å². The molecule has 0 saturated carbocycles. The van der Waals surface area contributed by atoms with E-state index in [4.69, 9.17) is 11.6 Å². The predicted molar refractivity (Wildman–Crippen MR) is 65.4 cm³/mol. The summed E-state index contributed by atoms with van der Waals surface area (Å²) in [6, 6.07) is 2.81. The van der Waals surface area contributed by atoms with E-state index in [9.17, 15) is 19.3 Å². The third-order valence-electron chi connectivity index (χ3n) is 2.36. The fourth-order valence-corrected chi connectivity index (χ4v) is 1.69. The number of non-ortho nitro benzene ring substituents is 1. The van der Waals surface area contributed by atoms with Crippen molar-refractivity contribution in [2.24, 2.45) is 0 Å². The van der Waals surface area contributed by atoms with Crippen molar-refractivity contribution in [1.29, 1.82) is 0 Å². The summed E-state index contributed by atoms with van der Waals surface area (Å²) in [4.78, 5) is 23.2. The van der Waals surface area contributed by atoms with Gasteiger partial charge in [-0.1, -0.05) is 0 Å². The standard InChI is InChI=1S/C11H12ClFN2O3/c1-2-14(4-3-12)11(16)8-5-9(13)7-10(6-8)15(17)18/h5-7H,2-4H2,1H3. The van der Waals surface area contributed by atoms with Gasteiger partial charge in [0.05, 0.1) is 11.0 Å². The van der Waals surface area contributed by atoms with Crippen LogP contribution >= 0.6 is 11.6 Å². The monoisotopic (exact) mass is 274 g/mol. The largest absolute Gasteiger partial charge is 0.338 e. The molecule has 1 aromatic carbocycles. The van der Waals surface area contributed by atoms with Crippen molar-refractivity contribution in [1.82, 2.24) is 4.90 Å². The number of halogens is 2. The number of alkyl halides is 1. The third-order valence-corrected chi connectivity index (χ3v) is 2.53. The Morgan fingerprint density at radius 2 is 2.17 bits per heavy atom. The molecular weight excluding hydrogens is 263 g/mol. The van der Waals surface area contributed by atoms with Gasteiger partial charge < -0.3 is 4.90 Å². The van der Waals surface area contributed by atoms with Crippen LogP contribution in [0.2, 0.25) is 0 Å². The van der Waals surface area contributed by atoms with Gasteiger partial charge in [0.25, 0.3) is 11.6 Å². The smallest absolute Gasteiger partial charge is 0.273 e. The average Bonchev–Trinajstić information content (AvgIpc) is 2.34. The van der Waals surface area contributed by atoms with E-state index in [2.05, 4.69) is 0 Å². The molecule has 0 spiro atoms. The van der Waals surface area contributed by atoms with Crippen molar-refractivity contribution in [3.05, 3.63) is 39.7 Å². The Balaban J connectivity index is 3.08. The summed E-state index contributed by atoms with van der Waals surface area (Å²) in [5.74, 6) is -1.04. The molecule has 0 fully saturated rings. The number of nitro benzene ring substituents is 1. The molecule has 0 radical (unpaired) electrons. The van der Waals surface area contributed by atoms with Crippen LogP contribution in [0.1, 0.15) is 17.3 Å². The number of hydrogen-bond acceptors (Lipinski definition) is 3. The Hall–Kier alpha value is -1.69. The van der Waals surface area contributed by atoms with Gasteiger partial charge in [0.15, 0.2) is 0 Å². The SMILES string of the molecule is CCN(CCCl)C(=O)c1cc(F)cc([N+](=O)[O-])c1. The van der Waals surface area contributed by atoms with Gasteiger partial charge in [0.2, 0.25) is 0 Å². The van der Waals surface area contributed by atoms with Crippen LogP contribution in [-0.2, 0) is 0 Å². The number of rotatable bonds is 5. The van der Waals surface area contributed by atoms with Crippen LogP contribution in [0.3, 0.4) is 0 Å². The van der Waals surface area contributed by atoms with E-state index in [1.165, 1.54) is 4.90 Å². The van der Waals surface area contributed by atoms with E-state index >= 15 is 0 Å². The average molecular weight is 275 g/mol. The zero-order valence-electron chi connectivity index (χ0n) is 9.73. The van der Waals surface area contributed by atoms with Gasteiger partial charge in [-0.2, -0.15) is 0 Å². The Bertz CT molecular complexity index is 468. The van der Waals surface area contributed by atoms with Crippen LogP contribution in [0, 0.1) is 15.9 Å². The van der Waals surface area contributed by atoms with Gasteiger partial charge in [0.1, 0.15) is 5.82 Å². The molecule has 0 aliphatic rings. The van der Waals surface area contributed by atoms with Gasteiger partial charge >= 0.3 is 0 Å². The van der Waals surface area contributed by atoms with E-state index in [1.807, 2.05) is 0 Å². The summed E-state index contributed by atoms with van der Waals surface area (Å²) in [5, 5.41) is 10.6. The van der Waals surface area contributed by atoms with Crippen molar-refractivity contribution in [2.45, 2.75) is 6.92 Å². The molecule has 0 N–H and O–H groups in total. The number of carbonyl (C=O) groups is 1. The van der Waals surface area contributed by atoms with Gasteiger partial charge in [-0.15, -0.1) is 11.6 Å². The number of amides is 1. The maximum atomic E-state index is 13.2. The minimum absolute atomic E-state index is 0.0475. The number of nitrogens with zero attached hydrogens (tertiary/aromatic N) is 2. The Kier molecular flexibility index (Phi) is 5.03. The number of carbonyl (C=O) groups excluding carboxylic acids is 1. The van der Waals surface area contributed by atoms with Gasteiger partial charge in [0, 0.05) is 30.6 Å². The molecule has 0 aliphatic heterocycles. The summed E-state index contributed by atoms with van der Waals surface area (Å²) in [6.45, 7) is 2.45. The number of benzene rings is 1. The number of hydrogen-bond donors (Lipinski definition) is 0. The van der Waals surface area contributed by atoms with E-state index in [-0.39, 0.29) is 11.4 Å².